The Kier molecular flexibility index (Phi) is 10.6. The number of urea groups is 1. The van der Waals surface area contributed by atoms with Crippen molar-refractivity contribution >= 4 is 29.0 Å². The molecule has 0 aliphatic carbocycles. The minimum atomic E-state index is -4.65. The lowest BCUT2D eigenvalue weighted by Crippen LogP contribution is -2.45. The van der Waals surface area contributed by atoms with Crippen molar-refractivity contribution in [2.75, 3.05) is 39.2 Å². The number of ether oxygens (including phenoxy) is 2. The minimum absolute atomic E-state index is 0.0344. The third-order valence-electron chi connectivity index (χ3n) is 6.21. The Hall–Kier alpha value is -3.99. The summed E-state index contributed by atoms with van der Waals surface area (Å²) in [6.45, 7) is 5.88. The van der Waals surface area contributed by atoms with E-state index in [0.717, 1.165) is 27.0 Å². The molecule has 3 aromatic rings. The molecule has 0 fully saturated rings. The van der Waals surface area contributed by atoms with E-state index in [1.165, 1.54) is 35.6 Å². The van der Waals surface area contributed by atoms with Gasteiger partial charge in [0.2, 0.25) is 5.91 Å². The predicted octanol–water partition coefficient (Wildman–Crippen LogP) is 6.38. The number of nitrogens with zero attached hydrogens (tertiary/aromatic N) is 2. The van der Waals surface area contributed by atoms with Crippen LogP contribution >= 0.6 is 11.3 Å². The SMILES string of the molecule is C=CCN(CC(=O)N(CCc1ccc(OC)c(OC)c1)Cc1sccc1C)C(=O)Nc1ccccc1C(F)(F)F. The second kappa shape index (κ2) is 13.9. The van der Waals surface area contributed by atoms with E-state index in [1.54, 1.807) is 25.2 Å². The maximum absolute atomic E-state index is 13.5. The molecule has 3 rings (SSSR count). The number of para-hydroxylation sites is 1. The van der Waals surface area contributed by atoms with Gasteiger partial charge in [-0.2, -0.15) is 13.2 Å². The van der Waals surface area contributed by atoms with Crippen molar-refractivity contribution in [3.8, 4) is 11.5 Å². The molecule has 1 N–H and O–H groups in total. The first kappa shape index (κ1) is 30.6. The normalized spacial score (nSPS) is 11.1. The summed E-state index contributed by atoms with van der Waals surface area (Å²) in [5, 5.41) is 4.25. The van der Waals surface area contributed by atoms with Gasteiger partial charge in [0.15, 0.2) is 11.5 Å². The summed E-state index contributed by atoms with van der Waals surface area (Å²) in [4.78, 5) is 30.3. The number of amides is 3. The zero-order valence-electron chi connectivity index (χ0n) is 22.6. The second-order valence-electron chi connectivity index (χ2n) is 8.92. The maximum atomic E-state index is 13.5. The van der Waals surface area contributed by atoms with Gasteiger partial charge >= 0.3 is 12.2 Å². The molecule has 0 saturated carbocycles. The Balaban J connectivity index is 1.79. The quantitative estimate of drug-likeness (QED) is 0.254. The second-order valence-corrected chi connectivity index (χ2v) is 9.92. The van der Waals surface area contributed by atoms with Crippen LogP contribution in [-0.4, -0.2) is 55.6 Å². The molecule has 0 atom stereocenters. The highest BCUT2D eigenvalue weighted by Gasteiger charge is 2.34. The van der Waals surface area contributed by atoms with Crippen LogP contribution in [0.2, 0.25) is 0 Å². The molecule has 1 heterocycles. The van der Waals surface area contributed by atoms with Gasteiger partial charge in [0.05, 0.1) is 32.0 Å². The molecule has 0 radical (unpaired) electrons. The lowest BCUT2D eigenvalue weighted by Gasteiger charge is -2.28. The highest BCUT2D eigenvalue weighted by atomic mass is 32.1. The lowest BCUT2D eigenvalue weighted by atomic mass is 10.1. The molecule has 214 valence electrons. The van der Waals surface area contributed by atoms with Crippen LogP contribution in [0.5, 0.6) is 11.5 Å². The Bertz CT molecular complexity index is 1330. The molecule has 0 bridgehead atoms. The largest absolute Gasteiger partial charge is 0.493 e. The van der Waals surface area contributed by atoms with E-state index in [4.69, 9.17) is 9.47 Å². The van der Waals surface area contributed by atoms with Crippen molar-refractivity contribution in [2.45, 2.75) is 26.1 Å². The van der Waals surface area contributed by atoms with E-state index in [9.17, 15) is 22.8 Å². The maximum Gasteiger partial charge on any atom is 0.418 e. The van der Waals surface area contributed by atoms with Crippen LogP contribution in [0.1, 0.15) is 21.6 Å². The van der Waals surface area contributed by atoms with Crippen molar-refractivity contribution in [3.05, 3.63) is 88.1 Å². The highest BCUT2D eigenvalue weighted by Crippen LogP contribution is 2.34. The monoisotopic (exact) mass is 575 g/mol. The van der Waals surface area contributed by atoms with E-state index in [2.05, 4.69) is 11.9 Å². The van der Waals surface area contributed by atoms with Gasteiger partial charge in [0.1, 0.15) is 6.54 Å². The summed E-state index contributed by atoms with van der Waals surface area (Å²) in [7, 11) is 3.09. The number of halogens is 3. The molecule has 1 aromatic heterocycles. The number of hydrogen-bond acceptors (Lipinski definition) is 5. The van der Waals surface area contributed by atoms with Crippen molar-refractivity contribution in [1.82, 2.24) is 9.80 Å². The van der Waals surface area contributed by atoms with Gasteiger partial charge in [-0.3, -0.25) is 4.79 Å². The molecule has 0 unspecified atom stereocenters. The number of benzene rings is 2. The van der Waals surface area contributed by atoms with Crippen molar-refractivity contribution in [3.63, 3.8) is 0 Å². The molecule has 0 saturated heterocycles. The highest BCUT2D eigenvalue weighted by molar-refractivity contribution is 7.10. The molecule has 0 spiro atoms. The van der Waals surface area contributed by atoms with Gasteiger partial charge in [0, 0.05) is 18.0 Å². The van der Waals surface area contributed by atoms with E-state index < -0.39 is 17.8 Å². The molecular weight excluding hydrogens is 543 g/mol. The molecule has 2 aromatic carbocycles. The molecule has 40 heavy (non-hydrogen) atoms. The molecule has 7 nitrogen and oxygen atoms in total. The average molecular weight is 576 g/mol. The van der Waals surface area contributed by atoms with Crippen LogP contribution in [0.15, 0.2) is 66.6 Å². The predicted molar refractivity (Wildman–Crippen MR) is 150 cm³/mol. The van der Waals surface area contributed by atoms with Crippen LogP contribution in [0.4, 0.5) is 23.7 Å². The van der Waals surface area contributed by atoms with Crippen LogP contribution in [0.25, 0.3) is 0 Å². The van der Waals surface area contributed by atoms with Crippen molar-refractivity contribution < 1.29 is 32.2 Å². The Morgan fingerprint density at radius 3 is 2.40 bits per heavy atom. The fourth-order valence-corrected chi connectivity index (χ4v) is 4.92. The Morgan fingerprint density at radius 1 is 1.05 bits per heavy atom. The smallest absolute Gasteiger partial charge is 0.418 e. The Morgan fingerprint density at radius 2 is 1.77 bits per heavy atom. The van der Waals surface area contributed by atoms with E-state index in [-0.39, 0.29) is 24.7 Å². The van der Waals surface area contributed by atoms with E-state index in [1.807, 2.05) is 30.5 Å². The number of thiophene rings is 1. The number of carbonyl (C=O) groups is 2. The van der Waals surface area contributed by atoms with E-state index >= 15 is 0 Å². The summed E-state index contributed by atoms with van der Waals surface area (Å²) >= 11 is 1.52. The molecule has 0 aliphatic heterocycles. The van der Waals surface area contributed by atoms with Gasteiger partial charge in [0.25, 0.3) is 0 Å². The van der Waals surface area contributed by atoms with E-state index in [0.29, 0.717) is 31.0 Å². The van der Waals surface area contributed by atoms with Gasteiger partial charge in [-0.1, -0.05) is 24.3 Å². The summed E-state index contributed by atoms with van der Waals surface area (Å²) in [5.74, 6) is 0.806. The number of aryl methyl sites for hydroxylation is 1. The van der Waals surface area contributed by atoms with Crippen molar-refractivity contribution in [1.29, 1.82) is 0 Å². The Labute approximate surface area is 235 Å². The summed E-state index contributed by atoms with van der Waals surface area (Å²) in [5.41, 5.74) is 0.597. The zero-order valence-corrected chi connectivity index (χ0v) is 23.4. The summed E-state index contributed by atoms with van der Waals surface area (Å²) in [6.07, 6.45) is -2.73. The van der Waals surface area contributed by atoms with Gasteiger partial charge < -0.3 is 24.6 Å². The number of rotatable bonds is 12. The molecule has 3 amide bonds. The van der Waals surface area contributed by atoms with Gasteiger partial charge in [-0.05, 0) is 60.2 Å². The van der Waals surface area contributed by atoms with Gasteiger partial charge in [-0.15, -0.1) is 17.9 Å². The molecular formula is C29H32F3N3O4S. The number of carbonyl (C=O) groups excluding carboxylic acids is 2. The van der Waals surface area contributed by atoms with Gasteiger partial charge in [-0.25, -0.2) is 4.79 Å². The fraction of sp³-hybridized carbons (Fsp3) is 0.310. The van der Waals surface area contributed by atoms with Crippen molar-refractivity contribution in [2.24, 2.45) is 0 Å². The average Bonchev–Trinajstić information content (AvgIpc) is 3.34. The van der Waals surface area contributed by atoms with Crippen LogP contribution < -0.4 is 14.8 Å². The first-order valence-corrected chi connectivity index (χ1v) is 13.3. The first-order valence-electron chi connectivity index (χ1n) is 12.4. The lowest BCUT2D eigenvalue weighted by molar-refractivity contribution is -0.137. The molecule has 11 heteroatoms. The topological polar surface area (TPSA) is 71.1 Å². The number of alkyl halides is 3. The third-order valence-corrected chi connectivity index (χ3v) is 7.22. The van der Waals surface area contributed by atoms with Crippen LogP contribution in [0.3, 0.4) is 0 Å². The minimum Gasteiger partial charge on any atom is -0.493 e. The zero-order chi connectivity index (χ0) is 29.3. The first-order chi connectivity index (χ1) is 19.1. The number of anilines is 1. The number of methoxy groups -OCH3 is 2. The summed E-state index contributed by atoms with van der Waals surface area (Å²) < 4.78 is 51.0. The number of nitrogens with one attached hydrogen (secondary N) is 1. The van der Waals surface area contributed by atoms with Crippen LogP contribution in [-0.2, 0) is 23.9 Å². The third kappa shape index (κ3) is 8.01. The molecule has 0 aliphatic rings. The standard InChI is InChI=1S/C29H32F3N3O4S/c1-5-14-35(28(37)33-23-9-7-6-8-22(23)29(30,31)32)19-27(36)34(18-26-20(2)13-16-40-26)15-12-21-10-11-24(38-3)25(17-21)39-4/h5-11,13,16-17H,1,12,14-15,18-19H2,2-4H3,(H,33,37). The summed E-state index contributed by atoms with van der Waals surface area (Å²) in [6, 6.07) is 11.3. The van der Waals surface area contributed by atoms with Crippen LogP contribution in [0, 0.1) is 6.92 Å². The fourth-order valence-electron chi connectivity index (χ4n) is 4.00. The number of hydrogen-bond donors (Lipinski definition) is 1.